The zero-order valence-corrected chi connectivity index (χ0v) is 17.0. The number of hydrogen-bond donors (Lipinski definition) is 1. The molecule has 2 aliphatic carbocycles. The molecular weight excluding hydrogens is 420 g/mol. The van der Waals surface area contributed by atoms with Crippen LogP contribution < -0.4 is 11.4 Å². The summed E-state index contributed by atoms with van der Waals surface area (Å²) in [5.41, 5.74) is 0.543. The maximum absolute atomic E-state index is 12.8. The normalized spacial score (nSPS) is 26.4. The lowest BCUT2D eigenvalue weighted by molar-refractivity contribution is 0.269. The van der Waals surface area contributed by atoms with Gasteiger partial charge in [0.2, 0.25) is 0 Å². The van der Waals surface area contributed by atoms with E-state index in [9.17, 15) is 9.59 Å². The molecule has 2 aromatic rings. The molecule has 2 aliphatic rings. The van der Waals surface area contributed by atoms with Crippen LogP contribution in [0.1, 0.15) is 42.7 Å². The molecule has 4 rings (SSSR count). The minimum atomic E-state index is -0.860. The van der Waals surface area contributed by atoms with Crippen molar-refractivity contribution in [2.24, 2.45) is 7.05 Å². The first-order valence-electron chi connectivity index (χ1n) is 8.05. The number of nitrogens with one attached hydrogen (secondary N) is 1. The molecule has 2 bridgehead atoms. The monoisotopic (exact) mass is 433 g/mol. The number of fused-ring (bicyclic) bond motifs is 5. The van der Waals surface area contributed by atoms with E-state index in [2.05, 4.69) is 11.7 Å². The first kappa shape index (κ1) is 18.2. The Kier molecular flexibility index (Phi) is 3.98. The fourth-order valence-corrected chi connectivity index (χ4v) is 6.04. The van der Waals surface area contributed by atoms with Crippen LogP contribution in [-0.4, -0.2) is 14.3 Å². The zero-order valence-electron chi connectivity index (χ0n) is 14.0. The van der Waals surface area contributed by atoms with Gasteiger partial charge in [-0.1, -0.05) is 58.6 Å². The molecule has 5 nitrogen and oxygen atoms in total. The van der Waals surface area contributed by atoms with Crippen LogP contribution in [0.5, 0.6) is 0 Å². The molecular formula is C17H15Cl4N3O2. The van der Waals surface area contributed by atoms with E-state index in [-0.39, 0.29) is 21.9 Å². The van der Waals surface area contributed by atoms with Crippen LogP contribution >= 0.6 is 46.4 Å². The quantitative estimate of drug-likeness (QED) is 0.431. The molecule has 1 saturated carbocycles. The summed E-state index contributed by atoms with van der Waals surface area (Å²) in [5, 5.41) is 3.78. The van der Waals surface area contributed by atoms with Gasteiger partial charge in [-0.05, 0) is 30.9 Å². The van der Waals surface area contributed by atoms with Crippen LogP contribution in [0.3, 0.4) is 0 Å². The molecule has 0 spiro atoms. The third-order valence-electron chi connectivity index (χ3n) is 5.89. The van der Waals surface area contributed by atoms with Gasteiger partial charge in [0.15, 0.2) is 0 Å². The van der Waals surface area contributed by atoms with E-state index in [1.165, 1.54) is 11.7 Å². The molecule has 1 heterocycles. The summed E-state index contributed by atoms with van der Waals surface area (Å²) in [6, 6.07) is 0. The van der Waals surface area contributed by atoms with Crippen LogP contribution in [0.25, 0.3) is 0 Å². The van der Waals surface area contributed by atoms with Gasteiger partial charge in [-0.2, -0.15) is 0 Å². The molecule has 0 unspecified atom stereocenters. The van der Waals surface area contributed by atoms with Crippen molar-refractivity contribution in [1.29, 1.82) is 0 Å². The third kappa shape index (κ3) is 1.90. The van der Waals surface area contributed by atoms with E-state index in [0.717, 1.165) is 34.1 Å². The second-order valence-electron chi connectivity index (χ2n) is 6.97. The van der Waals surface area contributed by atoms with Crippen molar-refractivity contribution in [3.05, 3.63) is 64.3 Å². The molecule has 26 heavy (non-hydrogen) atoms. The molecule has 0 saturated heterocycles. The Morgan fingerprint density at radius 1 is 1.04 bits per heavy atom. The summed E-state index contributed by atoms with van der Waals surface area (Å²) in [6.07, 6.45) is 1.53. The van der Waals surface area contributed by atoms with Crippen molar-refractivity contribution in [1.82, 2.24) is 14.3 Å². The lowest BCUT2D eigenvalue weighted by Gasteiger charge is -2.35. The SMILES string of the molecule is C=C(C)C1(n2[nH]c(=O)n(C)c2=O)[C@@H]2CC[C@@H]1c1c(Cl)c(Cl)c(Cl)c(Cl)c12. The van der Waals surface area contributed by atoms with Gasteiger partial charge in [0.25, 0.3) is 0 Å². The molecule has 1 aromatic heterocycles. The second kappa shape index (κ2) is 5.68. The van der Waals surface area contributed by atoms with Gasteiger partial charge in [0.1, 0.15) is 5.54 Å². The Morgan fingerprint density at radius 3 is 1.85 bits per heavy atom. The second-order valence-corrected chi connectivity index (χ2v) is 8.48. The van der Waals surface area contributed by atoms with Gasteiger partial charge < -0.3 is 0 Å². The molecule has 0 aliphatic heterocycles. The van der Waals surface area contributed by atoms with Gasteiger partial charge in [-0.25, -0.2) is 23.9 Å². The smallest absolute Gasteiger partial charge is 0.246 e. The summed E-state index contributed by atoms with van der Waals surface area (Å²) < 4.78 is 2.42. The highest BCUT2D eigenvalue weighted by atomic mass is 35.5. The summed E-state index contributed by atoms with van der Waals surface area (Å²) in [4.78, 5) is 24.9. The first-order valence-corrected chi connectivity index (χ1v) is 9.57. The molecule has 0 radical (unpaired) electrons. The summed E-state index contributed by atoms with van der Waals surface area (Å²) >= 11 is 25.6. The number of benzene rings is 1. The zero-order chi connectivity index (χ0) is 19.1. The van der Waals surface area contributed by atoms with E-state index in [4.69, 9.17) is 46.4 Å². The predicted molar refractivity (Wildman–Crippen MR) is 104 cm³/mol. The summed E-state index contributed by atoms with van der Waals surface area (Å²) in [5.74, 6) is -0.369. The topological polar surface area (TPSA) is 59.8 Å². The Balaban J connectivity index is 2.12. The van der Waals surface area contributed by atoms with Gasteiger partial charge >= 0.3 is 11.4 Å². The summed E-state index contributed by atoms with van der Waals surface area (Å²) in [7, 11) is 1.43. The van der Waals surface area contributed by atoms with Crippen LogP contribution in [0.2, 0.25) is 20.1 Å². The average molecular weight is 435 g/mol. The van der Waals surface area contributed by atoms with E-state index in [0.29, 0.717) is 10.0 Å². The first-order chi connectivity index (χ1) is 12.2. The average Bonchev–Trinajstić information content (AvgIpc) is 3.20. The van der Waals surface area contributed by atoms with E-state index >= 15 is 0 Å². The van der Waals surface area contributed by atoms with Crippen molar-refractivity contribution in [2.45, 2.75) is 37.1 Å². The Hall–Kier alpha value is -1.14. The van der Waals surface area contributed by atoms with Crippen LogP contribution in [-0.2, 0) is 12.6 Å². The number of hydrogen-bond acceptors (Lipinski definition) is 2. The molecule has 138 valence electrons. The fourth-order valence-electron chi connectivity index (χ4n) is 4.90. The highest BCUT2D eigenvalue weighted by Crippen LogP contribution is 2.69. The Bertz CT molecular complexity index is 1050. The number of aromatic amines is 1. The molecule has 1 fully saturated rings. The van der Waals surface area contributed by atoms with Crippen molar-refractivity contribution in [2.75, 3.05) is 0 Å². The van der Waals surface area contributed by atoms with Crippen molar-refractivity contribution in [3.8, 4) is 0 Å². The molecule has 1 aromatic carbocycles. The third-order valence-corrected chi connectivity index (χ3v) is 7.72. The number of rotatable bonds is 2. The van der Waals surface area contributed by atoms with E-state index in [1.807, 2.05) is 6.92 Å². The van der Waals surface area contributed by atoms with Gasteiger partial charge in [0, 0.05) is 18.9 Å². The summed E-state index contributed by atoms with van der Waals surface area (Å²) in [6.45, 7) is 6.00. The highest BCUT2D eigenvalue weighted by Gasteiger charge is 2.62. The number of allylic oxidation sites excluding steroid dienone is 1. The van der Waals surface area contributed by atoms with Crippen LogP contribution in [0.4, 0.5) is 0 Å². The fraction of sp³-hybridized carbons (Fsp3) is 0.412. The molecule has 0 amide bonds. The Morgan fingerprint density at radius 2 is 1.50 bits per heavy atom. The maximum atomic E-state index is 12.8. The minimum absolute atomic E-state index is 0.185. The van der Waals surface area contributed by atoms with E-state index in [1.54, 1.807) is 0 Å². The largest absolute Gasteiger partial charge is 0.347 e. The van der Waals surface area contributed by atoms with Crippen molar-refractivity contribution in [3.63, 3.8) is 0 Å². The van der Waals surface area contributed by atoms with Crippen LogP contribution in [0.15, 0.2) is 21.7 Å². The predicted octanol–water partition coefficient (Wildman–Crippen LogP) is 4.43. The lowest BCUT2D eigenvalue weighted by atomic mass is 9.79. The Labute approximate surface area is 169 Å². The molecule has 2 atom stereocenters. The maximum Gasteiger partial charge on any atom is 0.347 e. The standard InChI is InChI=1S/C17H15Cl4N3O2/c1-6(2)17(24-16(26)23(3)15(25)22-24)7-4-5-8(17)10-9(7)11(18)13(20)14(21)12(10)19/h7-8H,1,4-5H2,2-3H3,(H,22,25)/t7-,8-/m1/s1. The number of halogens is 4. The van der Waals surface area contributed by atoms with Gasteiger partial charge in [-0.3, -0.25) is 0 Å². The lowest BCUT2D eigenvalue weighted by Crippen LogP contribution is -2.45. The van der Waals surface area contributed by atoms with Crippen molar-refractivity contribution < 1.29 is 0 Å². The van der Waals surface area contributed by atoms with Crippen molar-refractivity contribution >= 4 is 46.4 Å². The molecule has 9 heteroatoms. The van der Waals surface area contributed by atoms with Gasteiger partial charge in [-0.15, -0.1) is 0 Å². The van der Waals surface area contributed by atoms with Crippen LogP contribution in [0, 0.1) is 0 Å². The molecule has 1 N–H and O–H groups in total. The highest BCUT2D eigenvalue weighted by molar-refractivity contribution is 6.52. The minimum Gasteiger partial charge on any atom is -0.246 e. The number of H-pyrrole nitrogens is 1. The van der Waals surface area contributed by atoms with Gasteiger partial charge in [0.05, 0.1) is 20.1 Å². The number of aromatic nitrogens is 3. The van der Waals surface area contributed by atoms with E-state index < -0.39 is 16.9 Å². The number of nitrogens with zero attached hydrogens (tertiary/aromatic N) is 2.